The van der Waals surface area contributed by atoms with Crippen molar-refractivity contribution in [1.29, 1.82) is 0 Å². The van der Waals surface area contributed by atoms with Crippen molar-refractivity contribution < 1.29 is 28.6 Å². The van der Waals surface area contributed by atoms with Gasteiger partial charge in [0.25, 0.3) is 0 Å². The van der Waals surface area contributed by atoms with Crippen molar-refractivity contribution in [2.75, 3.05) is 13.2 Å². The summed E-state index contributed by atoms with van der Waals surface area (Å²) in [5.41, 5.74) is 1.12. The zero-order valence-corrected chi connectivity index (χ0v) is 20.0. The molecule has 0 spiro atoms. The highest BCUT2D eigenvalue weighted by Gasteiger charge is 2.61. The van der Waals surface area contributed by atoms with Crippen LogP contribution < -0.4 is 0 Å². The molecule has 6 nitrogen and oxygen atoms in total. The van der Waals surface area contributed by atoms with Gasteiger partial charge in [0.2, 0.25) is 0 Å². The number of fused-ring (bicyclic) bond motifs is 5. The first-order chi connectivity index (χ1) is 15.2. The molecule has 3 fully saturated rings. The van der Waals surface area contributed by atoms with Gasteiger partial charge >= 0.3 is 17.9 Å². The molecular weight excluding hydrogens is 408 g/mol. The van der Waals surface area contributed by atoms with Crippen LogP contribution in [0.4, 0.5) is 0 Å². The van der Waals surface area contributed by atoms with Crippen LogP contribution in [0.1, 0.15) is 79.1 Å². The smallest absolute Gasteiger partial charge is 0.309 e. The topological polar surface area (TPSA) is 78.9 Å². The molecule has 0 aliphatic heterocycles. The monoisotopic (exact) mass is 446 g/mol. The first-order valence-corrected chi connectivity index (χ1v) is 12.4. The summed E-state index contributed by atoms with van der Waals surface area (Å²) in [5, 5.41) is 0. The first kappa shape index (κ1) is 23.3. The number of hydrogen-bond acceptors (Lipinski definition) is 6. The summed E-state index contributed by atoms with van der Waals surface area (Å²) in [6, 6.07) is 0. The molecule has 4 aliphatic carbocycles. The number of allylic oxidation sites excluding steroid dienone is 1. The molecule has 0 aromatic heterocycles. The summed E-state index contributed by atoms with van der Waals surface area (Å²) in [6.45, 7) is 7.97. The number of rotatable bonds is 5. The van der Waals surface area contributed by atoms with Gasteiger partial charge in [-0.25, -0.2) is 0 Å². The van der Waals surface area contributed by atoms with E-state index in [1.165, 1.54) is 19.4 Å². The molecule has 0 saturated heterocycles. The van der Waals surface area contributed by atoms with E-state index in [1.807, 2.05) is 6.92 Å². The highest BCUT2D eigenvalue weighted by atomic mass is 16.5. The number of hydrogen-bond donors (Lipinski definition) is 0. The number of carbonyl (C=O) groups excluding carboxylic acids is 3. The Hall–Kier alpha value is -1.85. The maximum atomic E-state index is 12.7. The Labute approximate surface area is 191 Å². The summed E-state index contributed by atoms with van der Waals surface area (Å²) in [7, 11) is 0. The molecule has 0 aromatic carbocycles. The Balaban J connectivity index is 1.62. The Bertz CT molecular complexity index is 802. The molecule has 32 heavy (non-hydrogen) atoms. The molecule has 0 aromatic rings. The summed E-state index contributed by atoms with van der Waals surface area (Å²) in [5.74, 6) is 0.876. The fourth-order valence-electron chi connectivity index (χ4n) is 7.89. The molecular formula is C26H38O6. The largest absolute Gasteiger partial charge is 0.466 e. The van der Waals surface area contributed by atoms with Crippen LogP contribution in [0.25, 0.3) is 0 Å². The number of ether oxygens (including phenoxy) is 3. The van der Waals surface area contributed by atoms with E-state index in [-0.39, 0.29) is 40.8 Å². The highest BCUT2D eigenvalue weighted by Crippen LogP contribution is 2.66. The zero-order valence-electron chi connectivity index (χ0n) is 20.0. The maximum Gasteiger partial charge on any atom is 0.309 e. The standard InChI is InChI=1S/C26H38O6/c1-5-30-24(29)23-9-8-21-20-7-6-18-14-19(32-17(3)28)10-13-26(18,15-31-16(2)27)22(20)11-12-25(21,23)4/h6,19-23H,5,7-15H2,1-4H3/t19-,20-,21-,22-,23+,25+,26-/m1/s1. The molecule has 0 radical (unpaired) electrons. The molecule has 0 amide bonds. The van der Waals surface area contributed by atoms with Crippen LogP contribution >= 0.6 is 0 Å². The van der Waals surface area contributed by atoms with E-state index < -0.39 is 0 Å². The molecule has 178 valence electrons. The maximum absolute atomic E-state index is 12.7. The lowest BCUT2D eigenvalue weighted by molar-refractivity contribution is -0.160. The van der Waals surface area contributed by atoms with E-state index in [2.05, 4.69) is 13.0 Å². The van der Waals surface area contributed by atoms with Crippen LogP contribution in [0.5, 0.6) is 0 Å². The second-order valence-corrected chi connectivity index (χ2v) is 10.7. The van der Waals surface area contributed by atoms with Gasteiger partial charge in [0.05, 0.1) is 12.5 Å². The summed E-state index contributed by atoms with van der Waals surface area (Å²) in [6.07, 6.45) is 9.66. The molecule has 4 aliphatic rings. The summed E-state index contributed by atoms with van der Waals surface area (Å²) < 4.78 is 16.7. The van der Waals surface area contributed by atoms with Gasteiger partial charge in [-0.2, -0.15) is 0 Å². The van der Waals surface area contributed by atoms with Crippen LogP contribution in [0.2, 0.25) is 0 Å². The molecule has 0 heterocycles. The lowest BCUT2D eigenvalue weighted by Gasteiger charge is -2.58. The molecule has 0 N–H and O–H groups in total. The van der Waals surface area contributed by atoms with E-state index in [9.17, 15) is 14.4 Å². The fraction of sp³-hybridized carbons (Fsp3) is 0.808. The third-order valence-electron chi connectivity index (χ3n) is 9.22. The first-order valence-electron chi connectivity index (χ1n) is 12.4. The molecule has 3 saturated carbocycles. The fourth-order valence-corrected chi connectivity index (χ4v) is 7.89. The zero-order chi connectivity index (χ0) is 23.1. The third-order valence-corrected chi connectivity index (χ3v) is 9.22. The SMILES string of the molecule is CCOC(=O)[C@@H]1CC[C@@H]2[C@H]3CC=C4C[C@H](OC(C)=O)CC[C@]4(COC(C)=O)[C@@H]3CC[C@@]21C. The summed E-state index contributed by atoms with van der Waals surface area (Å²) in [4.78, 5) is 36.0. The molecule has 0 bridgehead atoms. The van der Waals surface area contributed by atoms with Crippen LogP contribution in [-0.4, -0.2) is 37.2 Å². The van der Waals surface area contributed by atoms with Crippen LogP contribution in [0, 0.1) is 34.5 Å². The third kappa shape index (κ3) is 3.88. The second kappa shape index (κ2) is 8.83. The lowest BCUT2D eigenvalue weighted by Crippen LogP contribution is -2.54. The van der Waals surface area contributed by atoms with Crippen molar-refractivity contribution in [2.24, 2.45) is 34.5 Å². The predicted octanol–water partition coefficient (Wildman–Crippen LogP) is 4.60. The average molecular weight is 447 g/mol. The molecule has 6 heteroatoms. The number of esters is 3. The van der Waals surface area contributed by atoms with Crippen molar-refractivity contribution >= 4 is 17.9 Å². The van der Waals surface area contributed by atoms with E-state index in [1.54, 1.807) is 0 Å². The van der Waals surface area contributed by atoms with Gasteiger partial charge in [-0.05, 0) is 75.0 Å². The van der Waals surface area contributed by atoms with Crippen LogP contribution in [0.3, 0.4) is 0 Å². The summed E-state index contributed by atoms with van der Waals surface area (Å²) >= 11 is 0. The Morgan fingerprint density at radius 2 is 1.78 bits per heavy atom. The van der Waals surface area contributed by atoms with Gasteiger partial charge in [0.1, 0.15) is 12.7 Å². The van der Waals surface area contributed by atoms with Crippen molar-refractivity contribution in [2.45, 2.75) is 85.2 Å². The van der Waals surface area contributed by atoms with Crippen molar-refractivity contribution in [3.05, 3.63) is 11.6 Å². The van der Waals surface area contributed by atoms with Gasteiger partial charge < -0.3 is 14.2 Å². The molecule has 4 rings (SSSR count). The Morgan fingerprint density at radius 3 is 2.47 bits per heavy atom. The van der Waals surface area contributed by atoms with Crippen LogP contribution in [0.15, 0.2) is 11.6 Å². The van der Waals surface area contributed by atoms with Crippen molar-refractivity contribution in [3.8, 4) is 0 Å². The van der Waals surface area contributed by atoms with E-state index in [4.69, 9.17) is 14.2 Å². The minimum atomic E-state index is -0.244. The molecule has 7 atom stereocenters. The van der Waals surface area contributed by atoms with Gasteiger partial charge in [-0.3, -0.25) is 14.4 Å². The quantitative estimate of drug-likeness (QED) is 0.349. The predicted molar refractivity (Wildman–Crippen MR) is 118 cm³/mol. The minimum absolute atomic E-state index is 0.0112. The van der Waals surface area contributed by atoms with E-state index >= 15 is 0 Å². The average Bonchev–Trinajstić information content (AvgIpc) is 3.09. The number of carbonyl (C=O) groups is 3. The normalized spacial score (nSPS) is 40.2. The van der Waals surface area contributed by atoms with Gasteiger partial charge in [0, 0.05) is 25.7 Å². The van der Waals surface area contributed by atoms with Gasteiger partial charge in [0.15, 0.2) is 0 Å². The van der Waals surface area contributed by atoms with Crippen molar-refractivity contribution in [3.63, 3.8) is 0 Å². The van der Waals surface area contributed by atoms with E-state index in [0.29, 0.717) is 31.0 Å². The highest BCUT2D eigenvalue weighted by molar-refractivity contribution is 5.74. The van der Waals surface area contributed by atoms with Crippen molar-refractivity contribution in [1.82, 2.24) is 0 Å². The van der Waals surface area contributed by atoms with Gasteiger partial charge in [-0.1, -0.05) is 18.6 Å². The Kier molecular flexibility index (Phi) is 6.43. The van der Waals surface area contributed by atoms with Gasteiger partial charge in [-0.15, -0.1) is 0 Å². The lowest BCUT2D eigenvalue weighted by atomic mass is 9.47. The van der Waals surface area contributed by atoms with Crippen LogP contribution in [-0.2, 0) is 28.6 Å². The second-order valence-electron chi connectivity index (χ2n) is 10.7. The van der Waals surface area contributed by atoms with E-state index in [0.717, 1.165) is 51.4 Å². The minimum Gasteiger partial charge on any atom is -0.466 e. The Morgan fingerprint density at radius 1 is 1.00 bits per heavy atom. The molecule has 0 unspecified atom stereocenters.